The van der Waals surface area contributed by atoms with Gasteiger partial charge in [0, 0.05) is 23.2 Å². The third-order valence-electron chi connectivity index (χ3n) is 2.35. The SMILES string of the molecule is O=C(Cc1cccnc1Br)c1ccc(Cl)cc1. The van der Waals surface area contributed by atoms with Crippen molar-refractivity contribution in [2.24, 2.45) is 0 Å². The van der Waals surface area contributed by atoms with Crippen LogP contribution in [0.1, 0.15) is 15.9 Å². The molecule has 1 aromatic carbocycles. The van der Waals surface area contributed by atoms with Crippen molar-refractivity contribution in [3.63, 3.8) is 0 Å². The summed E-state index contributed by atoms with van der Waals surface area (Å²) in [5.41, 5.74) is 1.54. The zero-order valence-electron chi connectivity index (χ0n) is 8.86. The van der Waals surface area contributed by atoms with Gasteiger partial charge in [0.05, 0.1) is 0 Å². The number of ketones is 1. The lowest BCUT2D eigenvalue weighted by atomic mass is 10.0. The molecule has 0 amide bonds. The van der Waals surface area contributed by atoms with Crippen molar-refractivity contribution >= 4 is 33.3 Å². The first-order chi connectivity index (χ1) is 8.16. The molecule has 0 N–H and O–H groups in total. The highest BCUT2D eigenvalue weighted by molar-refractivity contribution is 9.10. The summed E-state index contributed by atoms with van der Waals surface area (Å²) in [5.74, 6) is 0.0513. The van der Waals surface area contributed by atoms with Crippen molar-refractivity contribution < 1.29 is 4.79 Å². The molecule has 17 heavy (non-hydrogen) atoms. The van der Waals surface area contributed by atoms with Crippen molar-refractivity contribution in [3.05, 3.63) is 63.3 Å². The summed E-state index contributed by atoms with van der Waals surface area (Å²) >= 11 is 9.10. The largest absolute Gasteiger partial charge is 0.294 e. The number of benzene rings is 1. The van der Waals surface area contributed by atoms with E-state index in [-0.39, 0.29) is 5.78 Å². The molecule has 2 aromatic rings. The molecule has 0 saturated carbocycles. The lowest BCUT2D eigenvalue weighted by Crippen LogP contribution is -2.04. The number of carbonyl (C=O) groups is 1. The number of carbonyl (C=O) groups excluding carboxylic acids is 1. The van der Waals surface area contributed by atoms with Gasteiger partial charge in [-0.15, -0.1) is 0 Å². The van der Waals surface area contributed by atoms with E-state index in [0.717, 1.165) is 5.56 Å². The van der Waals surface area contributed by atoms with Crippen LogP contribution in [0.25, 0.3) is 0 Å². The molecule has 1 heterocycles. The summed E-state index contributed by atoms with van der Waals surface area (Å²) in [6.45, 7) is 0. The molecule has 0 unspecified atom stereocenters. The third-order valence-corrected chi connectivity index (χ3v) is 3.32. The molecule has 0 spiro atoms. The van der Waals surface area contributed by atoms with Crippen LogP contribution in [0.5, 0.6) is 0 Å². The van der Waals surface area contributed by atoms with E-state index in [2.05, 4.69) is 20.9 Å². The molecule has 1 aromatic heterocycles. The summed E-state index contributed by atoms with van der Waals surface area (Å²) in [5, 5.41) is 0.629. The summed E-state index contributed by atoms with van der Waals surface area (Å²) in [4.78, 5) is 16.1. The van der Waals surface area contributed by atoms with E-state index < -0.39 is 0 Å². The van der Waals surface area contributed by atoms with Crippen molar-refractivity contribution in [2.45, 2.75) is 6.42 Å². The number of hydrogen-bond donors (Lipinski definition) is 0. The highest BCUT2D eigenvalue weighted by Gasteiger charge is 2.09. The number of nitrogens with zero attached hydrogens (tertiary/aromatic N) is 1. The number of aromatic nitrogens is 1. The molecule has 4 heteroatoms. The van der Waals surface area contributed by atoms with Crippen LogP contribution in [-0.2, 0) is 6.42 Å². The minimum absolute atomic E-state index is 0.0513. The van der Waals surface area contributed by atoms with E-state index in [4.69, 9.17) is 11.6 Å². The van der Waals surface area contributed by atoms with Crippen LogP contribution in [0.3, 0.4) is 0 Å². The molecule has 0 saturated heterocycles. The van der Waals surface area contributed by atoms with Crippen LogP contribution >= 0.6 is 27.5 Å². The normalized spacial score (nSPS) is 10.2. The number of halogens is 2. The minimum Gasteiger partial charge on any atom is -0.294 e. The Hall–Kier alpha value is -1.19. The van der Waals surface area contributed by atoms with Crippen molar-refractivity contribution in [1.29, 1.82) is 0 Å². The lowest BCUT2D eigenvalue weighted by Gasteiger charge is -2.03. The molecule has 0 aliphatic rings. The van der Waals surface area contributed by atoms with E-state index in [1.165, 1.54) is 0 Å². The Morgan fingerprint density at radius 2 is 1.94 bits per heavy atom. The lowest BCUT2D eigenvalue weighted by molar-refractivity contribution is 0.0992. The minimum atomic E-state index is 0.0513. The van der Waals surface area contributed by atoms with E-state index in [9.17, 15) is 4.79 Å². The molecule has 0 atom stereocenters. The zero-order valence-corrected chi connectivity index (χ0v) is 11.2. The maximum absolute atomic E-state index is 12.0. The molecule has 2 rings (SSSR count). The Labute approximate surface area is 113 Å². The molecule has 0 aliphatic carbocycles. The van der Waals surface area contributed by atoms with Crippen LogP contribution in [-0.4, -0.2) is 10.8 Å². The predicted octanol–water partition coefficient (Wildman–Crippen LogP) is 3.92. The Kier molecular flexibility index (Phi) is 3.92. The summed E-state index contributed by atoms with van der Waals surface area (Å²) in [7, 11) is 0. The average Bonchev–Trinajstić information content (AvgIpc) is 2.33. The van der Waals surface area contributed by atoms with Gasteiger partial charge in [0.15, 0.2) is 5.78 Å². The van der Waals surface area contributed by atoms with E-state index in [1.807, 2.05) is 12.1 Å². The fourth-order valence-corrected chi connectivity index (χ4v) is 1.98. The summed E-state index contributed by atoms with van der Waals surface area (Å²) in [6, 6.07) is 10.6. The van der Waals surface area contributed by atoms with Crippen molar-refractivity contribution in [2.75, 3.05) is 0 Å². The second kappa shape index (κ2) is 5.43. The Morgan fingerprint density at radius 1 is 1.24 bits per heavy atom. The Balaban J connectivity index is 2.17. The molecule has 0 fully saturated rings. The quantitative estimate of drug-likeness (QED) is 0.635. The van der Waals surface area contributed by atoms with Gasteiger partial charge in [0.1, 0.15) is 4.60 Å². The summed E-state index contributed by atoms with van der Waals surface area (Å²) < 4.78 is 0.710. The second-order valence-corrected chi connectivity index (χ2v) is 4.75. The van der Waals surface area contributed by atoms with Gasteiger partial charge in [-0.25, -0.2) is 4.98 Å². The second-order valence-electron chi connectivity index (χ2n) is 3.56. The molecule has 0 aliphatic heterocycles. The maximum Gasteiger partial charge on any atom is 0.167 e. The van der Waals surface area contributed by atoms with Crippen LogP contribution in [0.2, 0.25) is 5.02 Å². The van der Waals surface area contributed by atoms with Gasteiger partial charge in [0.25, 0.3) is 0 Å². The van der Waals surface area contributed by atoms with Gasteiger partial charge < -0.3 is 0 Å². The molecule has 86 valence electrons. The van der Waals surface area contributed by atoms with Gasteiger partial charge >= 0.3 is 0 Å². The topological polar surface area (TPSA) is 30.0 Å². The molecular weight excluding hydrogens is 302 g/mol. The van der Waals surface area contributed by atoms with Crippen LogP contribution in [0, 0.1) is 0 Å². The number of hydrogen-bond acceptors (Lipinski definition) is 2. The fraction of sp³-hybridized carbons (Fsp3) is 0.0769. The molecule has 0 radical (unpaired) electrons. The standard InChI is InChI=1S/C13H9BrClNO/c14-13-10(2-1-7-16-13)8-12(17)9-3-5-11(15)6-4-9/h1-7H,8H2. The number of Topliss-reactive ketones (excluding diaryl/α,β-unsaturated/α-hetero) is 1. The van der Waals surface area contributed by atoms with E-state index >= 15 is 0 Å². The highest BCUT2D eigenvalue weighted by atomic mass is 79.9. The van der Waals surface area contributed by atoms with Gasteiger partial charge in [0.2, 0.25) is 0 Å². The summed E-state index contributed by atoms with van der Waals surface area (Å²) in [6.07, 6.45) is 2.01. The van der Waals surface area contributed by atoms with Gasteiger partial charge in [-0.2, -0.15) is 0 Å². The first-order valence-electron chi connectivity index (χ1n) is 5.05. The van der Waals surface area contributed by atoms with E-state index in [0.29, 0.717) is 21.6 Å². The molecule has 2 nitrogen and oxygen atoms in total. The van der Waals surface area contributed by atoms with Gasteiger partial charge in [-0.1, -0.05) is 17.7 Å². The molecular formula is C13H9BrClNO. The zero-order chi connectivity index (χ0) is 12.3. The fourth-order valence-electron chi connectivity index (χ4n) is 1.46. The van der Waals surface area contributed by atoms with Crippen LogP contribution < -0.4 is 0 Å². The van der Waals surface area contributed by atoms with Crippen molar-refractivity contribution in [3.8, 4) is 0 Å². The smallest absolute Gasteiger partial charge is 0.167 e. The first kappa shape index (κ1) is 12.3. The monoisotopic (exact) mass is 309 g/mol. The van der Waals surface area contributed by atoms with Crippen molar-refractivity contribution in [1.82, 2.24) is 4.98 Å². The maximum atomic E-state index is 12.0. The molecule has 0 bridgehead atoms. The predicted molar refractivity (Wildman–Crippen MR) is 71.4 cm³/mol. The first-order valence-corrected chi connectivity index (χ1v) is 6.22. The number of rotatable bonds is 3. The average molecular weight is 311 g/mol. The van der Waals surface area contributed by atoms with Crippen LogP contribution in [0.15, 0.2) is 47.2 Å². The highest BCUT2D eigenvalue weighted by Crippen LogP contribution is 2.16. The van der Waals surface area contributed by atoms with Gasteiger partial charge in [-0.05, 0) is 51.8 Å². The Morgan fingerprint density at radius 3 is 2.59 bits per heavy atom. The van der Waals surface area contributed by atoms with Gasteiger partial charge in [-0.3, -0.25) is 4.79 Å². The Bertz CT molecular complexity index is 539. The third kappa shape index (κ3) is 3.14. The number of pyridine rings is 1. The van der Waals surface area contributed by atoms with Crippen LogP contribution in [0.4, 0.5) is 0 Å². The van der Waals surface area contributed by atoms with E-state index in [1.54, 1.807) is 30.5 Å².